The van der Waals surface area contributed by atoms with Crippen molar-refractivity contribution in [1.29, 1.82) is 0 Å². The molecule has 0 aliphatic carbocycles. The smallest absolute Gasteiger partial charge is 0.271 e. The second kappa shape index (κ2) is 10.1. The van der Waals surface area contributed by atoms with Gasteiger partial charge in [0.25, 0.3) is 5.91 Å². The lowest BCUT2D eigenvalue weighted by molar-refractivity contribution is -0.121. The Bertz CT molecular complexity index is 721. The van der Waals surface area contributed by atoms with Crippen molar-refractivity contribution in [2.24, 2.45) is 0 Å². The summed E-state index contributed by atoms with van der Waals surface area (Å²) in [4.78, 5) is 28.2. The molecule has 1 aromatic rings. The van der Waals surface area contributed by atoms with E-state index in [1.165, 1.54) is 6.08 Å². The van der Waals surface area contributed by atoms with E-state index in [9.17, 15) is 14.0 Å². The third kappa shape index (κ3) is 6.06. The minimum atomic E-state index is -0.178. The number of fused-ring (bicyclic) bond motifs is 1. The maximum atomic E-state index is 13.7. The minimum absolute atomic E-state index is 0.0787. The largest absolute Gasteiger partial charge is 0.355 e. The fourth-order valence-electron chi connectivity index (χ4n) is 2.88. The number of aromatic nitrogens is 1. The molecule has 1 N–H and O–H groups in total. The number of nitrogens with one attached hydrogen (secondary N) is 1. The van der Waals surface area contributed by atoms with Crippen LogP contribution in [0.3, 0.4) is 0 Å². The molecular weight excluding hydrogens is 347 g/mol. The molecule has 0 atom stereocenters. The Morgan fingerprint density at radius 3 is 2.85 bits per heavy atom. The number of rotatable bonds is 9. The highest BCUT2D eigenvalue weighted by molar-refractivity contribution is 5.96. The maximum Gasteiger partial charge on any atom is 0.271 e. The van der Waals surface area contributed by atoms with Gasteiger partial charge in [-0.05, 0) is 51.2 Å². The van der Waals surface area contributed by atoms with Crippen LogP contribution in [0.5, 0.6) is 0 Å². The van der Waals surface area contributed by atoms with Crippen molar-refractivity contribution in [2.75, 3.05) is 40.3 Å². The Hall–Kier alpha value is -2.41. The minimum Gasteiger partial charge on any atom is -0.355 e. The summed E-state index contributed by atoms with van der Waals surface area (Å²) in [5.74, 6) is -0.372. The number of carbonyl (C=O) groups is 2. The quantitative estimate of drug-likeness (QED) is 0.720. The maximum absolute atomic E-state index is 13.7. The normalized spacial score (nSPS) is 16.2. The first kappa shape index (κ1) is 20.9. The molecule has 2 amide bonds. The molecule has 0 bridgehead atoms. The number of hydrogen-bond acceptors (Lipinski definition) is 3. The first-order chi connectivity index (χ1) is 12.9. The summed E-state index contributed by atoms with van der Waals surface area (Å²) >= 11 is 0. The van der Waals surface area contributed by atoms with E-state index in [1.54, 1.807) is 33.9 Å². The zero-order chi connectivity index (χ0) is 19.8. The lowest BCUT2D eigenvalue weighted by Crippen LogP contribution is -2.41. The molecule has 148 valence electrons. The topological polar surface area (TPSA) is 57.6 Å². The lowest BCUT2D eigenvalue weighted by Gasteiger charge is -2.30. The van der Waals surface area contributed by atoms with E-state index < -0.39 is 0 Å². The van der Waals surface area contributed by atoms with Gasteiger partial charge in [-0.15, -0.1) is 0 Å². The van der Waals surface area contributed by atoms with Gasteiger partial charge in [0.05, 0.1) is 12.4 Å². The molecule has 7 heteroatoms. The Balaban J connectivity index is 2.02. The van der Waals surface area contributed by atoms with E-state index in [1.807, 2.05) is 25.9 Å². The van der Waals surface area contributed by atoms with Crippen LogP contribution in [0.2, 0.25) is 0 Å². The molecule has 1 aliphatic heterocycles. The molecule has 0 spiro atoms. The molecule has 0 saturated heterocycles. The summed E-state index contributed by atoms with van der Waals surface area (Å²) in [5.41, 5.74) is 1.35. The predicted molar refractivity (Wildman–Crippen MR) is 105 cm³/mol. The molecule has 1 aromatic heterocycles. The summed E-state index contributed by atoms with van der Waals surface area (Å²) in [6, 6.07) is 3.54. The van der Waals surface area contributed by atoms with Crippen molar-refractivity contribution in [3.63, 3.8) is 0 Å². The average Bonchev–Trinajstić information content (AvgIpc) is 3.10. The van der Waals surface area contributed by atoms with Gasteiger partial charge in [-0.2, -0.15) is 0 Å². The highest BCUT2D eigenvalue weighted by Gasteiger charge is 2.27. The number of halogens is 1. The van der Waals surface area contributed by atoms with E-state index in [0.29, 0.717) is 31.7 Å². The molecule has 0 aromatic carbocycles. The summed E-state index contributed by atoms with van der Waals surface area (Å²) in [5, 5.41) is 2.85. The zero-order valence-corrected chi connectivity index (χ0v) is 16.4. The van der Waals surface area contributed by atoms with E-state index >= 15 is 0 Å². The summed E-state index contributed by atoms with van der Waals surface area (Å²) in [7, 11) is 3.89. The van der Waals surface area contributed by atoms with Crippen LogP contribution in [0.4, 0.5) is 4.39 Å². The molecule has 0 fully saturated rings. The van der Waals surface area contributed by atoms with Crippen LogP contribution >= 0.6 is 0 Å². The van der Waals surface area contributed by atoms with E-state index in [4.69, 9.17) is 0 Å². The Kier molecular flexibility index (Phi) is 7.79. The summed E-state index contributed by atoms with van der Waals surface area (Å²) in [6.07, 6.45) is 6.37. The number of allylic oxidation sites excluding steroid dienone is 3. The molecule has 0 saturated carbocycles. The Morgan fingerprint density at radius 2 is 2.15 bits per heavy atom. The number of hydrogen-bond donors (Lipinski definition) is 1. The van der Waals surface area contributed by atoms with E-state index in [-0.39, 0.29) is 24.1 Å². The van der Waals surface area contributed by atoms with Crippen molar-refractivity contribution in [3.05, 3.63) is 42.0 Å². The number of amides is 2. The number of carbonyl (C=O) groups excluding carboxylic acids is 2. The monoisotopic (exact) mass is 376 g/mol. The highest BCUT2D eigenvalue weighted by atomic mass is 19.1. The first-order valence-electron chi connectivity index (χ1n) is 9.36. The standard InChI is InChI=1S/C20H29FN4O2/c1-4-6-16(21)8-9-17-15-24(20(27)18-7-5-12-25(17)18)13-10-19(26)22-11-14-23(2)3/h5,7-9,12H,4,6,10-11,13-15H2,1-3H3,(H,22,26)/b16-8+,17-9+. The van der Waals surface area contributed by atoms with Gasteiger partial charge in [-0.1, -0.05) is 6.92 Å². The SMILES string of the molecule is CCC/C(F)=C\C=C1/CN(CCC(=O)NCCN(C)C)C(=O)c2cccn21. The van der Waals surface area contributed by atoms with Gasteiger partial charge in [-0.25, -0.2) is 4.39 Å². The number of nitrogens with zero attached hydrogens (tertiary/aromatic N) is 3. The van der Waals surface area contributed by atoms with Crippen LogP contribution in [0.15, 0.2) is 36.3 Å². The number of likely N-dealkylation sites (N-methyl/N-ethyl adjacent to an activating group) is 1. The Morgan fingerprint density at radius 1 is 1.37 bits per heavy atom. The van der Waals surface area contributed by atoms with E-state index in [0.717, 1.165) is 18.7 Å². The van der Waals surface area contributed by atoms with Crippen molar-refractivity contribution < 1.29 is 14.0 Å². The average molecular weight is 376 g/mol. The molecule has 1 aliphatic rings. The van der Waals surface area contributed by atoms with Crippen molar-refractivity contribution in [1.82, 2.24) is 19.7 Å². The second-order valence-corrected chi connectivity index (χ2v) is 6.91. The second-order valence-electron chi connectivity index (χ2n) is 6.91. The van der Waals surface area contributed by atoms with Gasteiger partial charge in [0.1, 0.15) is 5.69 Å². The highest BCUT2D eigenvalue weighted by Crippen LogP contribution is 2.22. The third-order valence-corrected chi connectivity index (χ3v) is 4.35. The van der Waals surface area contributed by atoms with Crippen molar-refractivity contribution in [2.45, 2.75) is 26.2 Å². The molecule has 0 radical (unpaired) electrons. The van der Waals surface area contributed by atoms with Gasteiger partial charge in [0, 0.05) is 37.9 Å². The van der Waals surface area contributed by atoms with Crippen LogP contribution in [-0.4, -0.2) is 66.5 Å². The predicted octanol–water partition coefficient (Wildman–Crippen LogP) is 2.51. The van der Waals surface area contributed by atoms with Gasteiger partial charge in [0.15, 0.2) is 0 Å². The van der Waals surface area contributed by atoms with Crippen LogP contribution < -0.4 is 5.32 Å². The van der Waals surface area contributed by atoms with Crippen LogP contribution in [-0.2, 0) is 4.79 Å². The Labute approximate surface area is 160 Å². The first-order valence-corrected chi connectivity index (χ1v) is 9.36. The van der Waals surface area contributed by atoms with Crippen LogP contribution in [0.1, 0.15) is 36.7 Å². The van der Waals surface area contributed by atoms with E-state index in [2.05, 4.69) is 5.32 Å². The molecule has 0 unspecified atom stereocenters. The van der Waals surface area contributed by atoms with Gasteiger partial charge in [-0.3, -0.25) is 9.59 Å². The van der Waals surface area contributed by atoms with Gasteiger partial charge in [0.2, 0.25) is 5.91 Å². The van der Waals surface area contributed by atoms with Gasteiger partial charge < -0.3 is 19.7 Å². The van der Waals surface area contributed by atoms with Crippen LogP contribution in [0, 0.1) is 0 Å². The van der Waals surface area contributed by atoms with Crippen molar-refractivity contribution >= 4 is 17.5 Å². The lowest BCUT2D eigenvalue weighted by atomic mass is 10.2. The van der Waals surface area contributed by atoms with Gasteiger partial charge >= 0.3 is 0 Å². The third-order valence-electron chi connectivity index (χ3n) is 4.35. The van der Waals surface area contributed by atoms with Crippen LogP contribution in [0.25, 0.3) is 5.70 Å². The molecule has 2 heterocycles. The molecule has 27 heavy (non-hydrogen) atoms. The molecule has 2 rings (SSSR count). The summed E-state index contributed by atoms with van der Waals surface area (Å²) < 4.78 is 15.5. The zero-order valence-electron chi connectivity index (χ0n) is 16.4. The fourth-order valence-corrected chi connectivity index (χ4v) is 2.88. The summed E-state index contributed by atoms with van der Waals surface area (Å²) in [6.45, 7) is 3.95. The molecular formula is C20H29FN4O2. The fraction of sp³-hybridized carbons (Fsp3) is 0.500. The van der Waals surface area contributed by atoms with Crippen molar-refractivity contribution in [3.8, 4) is 0 Å². The molecule has 6 nitrogen and oxygen atoms in total.